The molecular weight excluding hydrogens is 390 g/mol. The lowest BCUT2D eigenvalue weighted by atomic mass is 10.2. The Kier molecular flexibility index (Phi) is 5.57. The molecule has 9 heteroatoms. The molecule has 2 aromatic heterocycles. The van der Waals surface area contributed by atoms with Gasteiger partial charge in [0.1, 0.15) is 5.76 Å². The van der Waals surface area contributed by atoms with Gasteiger partial charge in [-0.3, -0.25) is 4.79 Å². The fourth-order valence-corrected chi connectivity index (χ4v) is 3.10. The molecule has 0 N–H and O–H groups in total. The van der Waals surface area contributed by atoms with Gasteiger partial charge in [-0.15, -0.1) is 0 Å². The van der Waals surface area contributed by atoms with Crippen LogP contribution in [-0.2, 0) is 22.9 Å². The number of halogens is 1. The molecule has 0 saturated heterocycles. The molecule has 3 rings (SSSR count). The second-order valence-electron chi connectivity index (χ2n) is 5.85. The Bertz CT molecular complexity index is 1040. The summed E-state index contributed by atoms with van der Waals surface area (Å²) in [5, 5.41) is -0.474. The number of carbonyl (C=O) groups is 1. The molecule has 0 aliphatic carbocycles. The first-order valence-corrected chi connectivity index (χ1v) is 10.2. The Balaban J connectivity index is 1.97. The summed E-state index contributed by atoms with van der Waals surface area (Å²) in [5.41, 5.74) is 0.723. The standard InChI is InChI=1S/C18H16ClN3O4S/c1-27(24,25)18-20-10-15(19)16(21-18)17(23)22(12-14-8-5-9-26-14)11-13-6-3-2-4-7-13/h2-10H,11-12H2,1H3. The van der Waals surface area contributed by atoms with Gasteiger partial charge >= 0.3 is 0 Å². The van der Waals surface area contributed by atoms with E-state index in [1.165, 1.54) is 11.2 Å². The zero-order chi connectivity index (χ0) is 19.4. The molecule has 0 saturated carbocycles. The fourth-order valence-electron chi connectivity index (χ4n) is 2.42. The van der Waals surface area contributed by atoms with E-state index < -0.39 is 20.9 Å². The van der Waals surface area contributed by atoms with Gasteiger partial charge in [-0.25, -0.2) is 18.4 Å². The second-order valence-corrected chi connectivity index (χ2v) is 8.16. The third kappa shape index (κ3) is 4.72. The normalized spacial score (nSPS) is 11.3. The predicted octanol–water partition coefficient (Wildman–Crippen LogP) is 2.97. The van der Waals surface area contributed by atoms with E-state index in [0.29, 0.717) is 5.76 Å². The minimum absolute atomic E-state index is 0.0232. The summed E-state index contributed by atoms with van der Waals surface area (Å²) < 4.78 is 28.8. The van der Waals surface area contributed by atoms with E-state index in [0.717, 1.165) is 18.0 Å². The number of sulfone groups is 1. The third-order valence-electron chi connectivity index (χ3n) is 3.69. The number of carbonyl (C=O) groups excluding carboxylic acids is 1. The first-order valence-electron chi connectivity index (χ1n) is 7.93. The lowest BCUT2D eigenvalue weighted by molar-refractivity contribution is 0.0710. The fraction of sp³-hybridized carbons (Fsp3) is 0.167. The van der Waals surface area contributed by atoms with Gasteiger partial charge in [0, 0.05) is 12.8 Å². The summed E-state index contributed by atoms with van der Waals surface area (Å²) in [5.74, 6) is 0.0559. The first kappa shape index (κ1) is 19.1. The van der Waals surface area contributed by atoms with Crippen LogP contribution in [0.5, 0.6) is 0 Å². The number of nitrogens with zero attached hydrogens (tertiary/aromatic N) is 3. The van der Waals surface area contributed by atoms with Crippen molar-refractivity contribution in [3.63, 3.8) is 0 Å². The van der Waals surface area contributed by atoms with Crippen LogP contribution in [0.1, 0.15) is 21.8 Å². The number of rotatable bonds is 6. The second kappa shape index (κ2) is 7.89. The lowest BCUT2D eigenvalue weighted by Crippen LogP contribution is -2.31. The molecule has 0 aliphatic heterocycles. The molecule has 0 fully saturated rings. The maximum Gasteiger partial charge on any atom is 0.274 e. The molecule has 0 aliphatic rings. The monoisotopic (exact) mass is 405 g/mol. The molecule has 0 bridgehead atoms. The van der Waals surface area contributed by atoms with Gasteiger partial charge < -0.3 is 9.32 Å². The first-order chi connectivity index (χ1) is 12.8. The molecule has 1 aromatic carbocycles. The number of furan rings is 1. The summed E-state index contributed by atoms with van der Waals surface area (Å²) in [4.78, 5) is 22.1. The number of hydrogen-bond donors (Lipinski definition) is 0. The van der Waals surface area contributed by atoms with E-state index in [1.807, 2.05) is 30.3 Å². The maximum atomic E-state index is 13.1. The van der Waals surface area contributed by atoms with Crippen molar-refractivity contribution in [1.29, 1.82) is 0 Å². The largest absolute Gasteiger partial charge is 0.467 e. The van der Waals surface area contributed by atoms with Gasteiger partial charge in [-0.1, -0.05) is 41.9 Å². The van der Waals surface area contributed by atoms with E-state index in [2.05, 4.69) is 9.97 Å². The summed E-state index contributed by atoms with van der Waals surface area (Å²) in [6, 6.07) is 12.8. The van der Waals surface area contributed by atoms with Crippen LogP contribution in [0.4, 0.5) is 0 Å². The average Bonchev–Trinajstić information content (AvgIpc) is 3.14. The van der Waals surface area contributed by atoms with Crippen LogP contribution in [0.15, 0.2) is 64.5 Å². The number of aromatic nitrogens is 2. The molecular formula is C18H16ClN3O4S. The predicted molar refractivity (Wildman–Crippen MR) is 98.9 cm³/mol. The van der Waals surface area contributed by atoms with Gasteiger partial charge in [0.15, 0.2) is 5.69 Å². The van der Waals surface area contributed by atoms with Gasteiger partial charge in [-0.2, -0.15) is 0 Å². The number of hydrogen-bond acceptors (Lipinski definition) is 6. The van der Waals surface area contributed by atoms with Crippen molar-refractivity contribution in [3.8, 4) is 0 Å². The van der Waals surface area contributed by atoms with E-state index in [4.69, 9.17) is 16.0 Å². The zero-order valence-corrected chi connectivity index (χ0v) is 15.9. The highest BCUT2D eigenvalue weighted by atomic mass is 35.5. The lowest BCUT2D eigenvalue weighted by Gasteiger charge is -2.22. The van der Waals surface area contributed by atoms with E-state index in [1.54, 1.807) is 12.1 Å². The third-order valence-corrected chi connectivity index (χ3v) is 4.82. The molecule has 0 radical (unpaired) electrons. The zero-order valence-electron chi connectivity index (χ0n) is 14.4. The summed E-state index contributed by atoms with van der Waals surface area (Å²) >= 11 is 6.08. The van der Waals surface area contributed by atoms with Crippen molar-refractivity contribution in [2.45, 2.75) is 18.2 Å². The van der Waals surface area contributed by atoms with Crippen molar-refractivity contribution in [2.75, 3.05) is 6.26 Å². The molecule has 2 heterocycles. The van der Waals surface area contributed by atoms with Gasteiger partial charge in [-0.05, 0) is 17.7 Å². The van der Waals surface area contributed by atoms with Crippen LogP contribution in [0, 0.1) is 0 Å². The number of amides is 1. The Hall–Kier alpha value is -2.71. The summed E-state index contributed by atoms with van der Waals surface area (Å²) in [7, 11) is -3.68. The molecule has 7 nitrogen and oxygen atoms in total. The van der Waals surface area contributed by atoms with Crippen LogP contribution >= 0.6 is 11.6 Å². The van der Waals surface area contributed by atoms with Crippen LogP contribution in [0.25, 0.3) is 0 Å². The highest BCUT2D eigenvalue weighted by Crippen LogP contribution is 2.20. The molecule has 0 unspecified atom stereocenters. The molecule has 0 atom stereocenters. The maximum absolute atomic E-state index is 13.1. The molecule has 3 aromatic rings. The average molecular weight is 406 g/mol. The van der Waals surface area contributed by atoms with Crippen molar-refractivity contribution in [3.05, 3.63) is 77.0 Å². The molecule has 140 valence electrons. The van der Waals surface area contributed by atoms with Crippen molar-refractivity contribution < 1.29 is 17.6 Å². The van der Waals surface area contributed by atoms with Crippen LogP contribution in [0.3, 0.4) is 0 Å². The van der Waals surface area contributed by atoms with Crippen LogP contribution in [0.2, 0.25) is 5.02 Å². The van der Waals surface area contributed by atoms with Crippen molar-refractivity contribution in [2.24, 2.45) is 0 Å². The quantitative estimate of drug-likeness (QED) is 0.585. The Morgan fingerprint density at radius 3 is 2.52 bits per heavy atom. The highest BCUT2D eigenvalue weighted by molar-refractivity contribution is 7.90. The Morgan fingerprint density at radius 1 is 1.15 bits per heavy atom. The van der Waals surface area contributed by atoms with Crippen LogP contribution in [-0.4, -0.2) is 35.4 Å². The Morgan fingerprint density at radius 2 is 1.89 bits per heavy atom. The molecule has 1 amide bonds. The highest BCUT2D eigenvalue weighted by Gasteiger charge is 2.24. The van der Waals surface area contributed by atoms with Crippen molar-refractivity contribution >= 4 is 27.3 Å². The Labute approximate surface area is 161 Å². The smallest absolute Gasteiger partial charge is 0.274 e. The summed E-state index contributed by atoms with van der Waals surface area (Å²) in [6.45, 7) is 0.449. The van der Waals surface area contributed by atoms with Crippen molar-refractivity contribution in [1.82, 2.24) is 14.9 Å². The van der Waals surface area contributed by atoms with Gasteiger partial charge in [0.25, 0.3) is 5.91 Å². The molecule has 0 spiro atoms. The number of benzene rings is 1. The minimum Gasteiger partial charge on any atom is -0.467 e. The van der Waals surface area contributed by atoms with Gasteiger partial charge in [0.2, 0.25) is 15.0 Å². The van der Waals surface area contributed by atoms with E-state index >= 15 is 0 Å². The van der Waals surface area contributed by atoms with Gasteiger partial charge in [0.05, 0.1) is 24.0 Å². The van der Waals surface area contributed by atoms with E-state index in [-0.39, 0.29) is 23.8 Å². The molecule has 27 heavy (non-hydrogen) atoms. The minimum atomic E-state index is -3.68. The van der Waals surface area contributed by atoms with E-state index in [9.17, 15) is 13.2 Å². The summed E-state index contributed by atoms with van der Waals surface area (Å²) in [6.07, 6.45) is 3.60. The van der Waals surface area contributed by atoms with Crippen LogP contribution < -0.4 is 0 Å². The topological polar surface area (TPSA) is 93.4 Å². The SMILES string of the molecule is CS(=O)(=O)c1ncc(Cl)c(C(=O)N(Cc2ccccc2)Cc2ccco2)n1.